The van der Waals surface area contributed by atoms with Crippen molar-refractivity contribution in [3.05, 3.63) is 39.9 Å². The molecule has 96 valence electrons. The maximum Gasteiger partial charge on any atom is 0.269 e. The molecule has 1 aromatic rings. The molecule has 2 atom stereocenters. The summed E-state index contributed by atoms with van der Waals surface area (Å²) < 4.78 is 0. The molecule has 5 nitrogen and oxygen atoms in total. The minimum absolute atomic E-state index is 0.00824. The van der Waals surface area contributed by atoms with E-state index in [4.69, 9.17) is 4.84 Å². The maximum atomic E-state index is 10.6. The van der Waals surface area contributed by atoms with E-state index in [9.17, 15) is 10.1 Å². The van der Waals surface area contributed by atoms with Crippen molar-refractivity contribution >= 4 is 5.69 Å². The Bertz CT molecular complexity index is 440. The highest BCUT2D eigenvalue weighted by atomic mass is 16.8. The van der Waals surface area contributed by atoms with Gasteiger partial charge in [-0.05, 0) is 25.0 Å². The van der Waals surface area contributed by atoms with Gasteiger partial charge in [-0.3, -0.25) is 15.0 Å². The summed E-state index contributed by atoms with van der Waals surface area (Å²) in [5.41, 5.74) is 1.13. The predicted octanol–water partition coefficient (Wildman–Crippen LogP) is 3.17. The Balaban J connectivity index is 1.64. The lowest BCUT2D eigenvalue weighted by Crippen LogP contribution is -2.21. The van der Waals surface area contributed by atoms with Crippen LogP contribution in [0.15, 0.2) is 24.3 Å². The first-order chi connectivity index (χ1) is 8.75. The zero-order valence-electron chi connectivity index (χ0n) is 10.1. The van der Waals surface area contributed by atoms with Crippen LogP contribution in [-0.2, 0) is 4.84 Å². The van der Waals surface area contributed by atoms with Crippen molar-refractivity contribution in [1.82, 2.24) is 5.06 Å². The number of benzene rings is 1. The van der Waals surface area contributed by atoms with Crippen LogP contribution in [0.2, 0.25) is 0 Å². The van der Waals surface area contributed by atoms with E-state index in [0.717, 1.165) is 5.56 Å². The SMILES string of the molecule is O=[N+]([O-])c1ccc([C@@H]2ON2C2CCCCC2)cc1. The summed E-state index contributed by atoms with van der Waals surface area (Å²) in [4.78, 5) is 15.8. The summed E-state index contributed by atoms with van der Waals surface area (Å²) in [7, 11) is 0. The minimum Gasteiger partial charge on any atom is -0.270 e. The van der Waals surface area contributed by atoms with Gasteiger partial charge in [0.25, 0.3) is 5.69 Å². The fourth-order valence-corrected chi connectivity index (χ4v) is 2.67. The van der Waals surface area contributed by atoms with Crippen LogP contribution < -0.4 is 0 Å². The fraction of sp³-hybridized carbons (Fsp3) is 0.538. The van der Waals surface area contributed by atoms with E-state index >= 15 is 0 Å². The Morgan fingerprint density at radius 1 is 1.17 bits per heavy atom. The third-order valence-electron chi connectivity index (χ3n) is 3.73. The lowest BCUT2D eigenvalue weighted by atomic mass is 9.95. The first-order valence-corrected chi connectivity index (χ1v) is 6.45. The number of nitro groups is 1. The van der Waals surface area contributed by atoms with Crippen LogP contribution in [0, 0.1) is 10.1 Å². The molecule has 1 saturated heterocycles. The Morgan fingerprint density at radius 3 is 2.44 bits per heavy atom. The third-order valence-corrected chi connectivity index (χ3v) is 3.73. The highest BCUT2D eigenvalue weighted by Gasteiger charge is 2.43. The number of hydrogen-bond acceptors (Lipinski definition) is 4. The monoisotopic (exact) mass is 248 g/mol. The first kappa shape index (κ1) is 11.6. The molecule has 1 saturated carbocycles. The molecule has 3 rings (SSSR count). The largest absolute Gasteiger partial charge is 0.270 e. The number of nitrogens with zero attached hydrogens (tertiary/aromatic N) is 2. The van der Waals surface area contributed by atoms with E-state index in [1.54, 1.807) is 12.1 Å². The number of non-ortho nitro benzene ring substituents is 1. The standard InChI is InChI=1S/C13H16N2O3/c16-15(17)12-8-6-10(7-9-12)13-14(18-13)11-4-2-1-3-5-11/h6-9,11,13H,1-5H2/t13-,14?/m0/s1. The number of rotatable bonds is 3. The Hall–Kier alpha value is -1.46. The molecule has 0 N–H and O–H groups in total. The summed E-state index contributed by atoms with van der Waals surface area (Å²) in [6, 6.07) is 7.17. The van der Waals surface area contributed by atoms with Gasteiger partial charge in [-0.2, -0.15) is 0 Å². The summed E-state index contributed by atoms with van der Waals surface area (Å²) in [6.45, 7) is 0. The molecule has 0 radical (unpaired) electrons. The summed E-state index contributed by atoms with van der Waals surface area (Å²) in [5.74, 6) is 0. The van der Waals surface area contributed by atoms with Crippen molar-refractivity contribution in [3.63, 3.8) is 0 Å². The molecule has 1 aromatic carbocycles. The quantitative estimate of drug-likeness (QED) is 0.468. The molecule has 0 bridgehead atoms. The van der Waals surface area contributed by atoms with Crippen LogP contribution >= 0.6 is 0 Å². The van der Waals surface area contributed by atoms with Gasteiger partial charge >= 0.3 is 0 Å². The van der Waals surface area contributed by atoms with Crippen molar-refractivity contribution in [2.75, 3.05) is 0 Å². The minimum atomic E-state index is -0.379. The lowest BCUT2D eigenvalue weighted by molar-refractivity contribution is -0.384. The molecule has 1 aliphatic carbocycles. The molecule has 2 aliphatic rings. The fourth-order valence-electron chi connectivity index (χ4n) is 2.67. The summed E-state index contributed by atoms with van der Waals surface area (Å²) in [6.07, 6.45) is 6.28. The topological polar surface area (TPSA) is 58.7 Å². The van der Waals surface area contributed by atoms with Gasteiger partial charge in [-0.1, -0.05) is 19.3 Å². The smallest absolute Gasteiger partial charge is 0.269 e. The normalized spacial score (nSPS) is 28.0. The maximum absolute atomic E-state index is 10.6. The second-order valence-corrected chi connectivity index (χ2v) is 4.96. The van der Waals surface area contributed by atoms with E-state index in [-0.39, 0.29) is 16.8 Å². The van der Waals surface area contributed by atoms with Gasteiger partial charge in [0.15, 0.2) is 6.23 Å². The molecule has 5 heteroatoms. The summed E-state index contributed by atoms with van der Waals surface area (Å²) in [5, 5.41) is 12.6. The molecule has 0 aromatic heterocycles. The predicted molar refractivity (Wildman–Crippen MR) is 65.6 cm³/mol. The van der Waals surface area contributed by atoms with Crippen LogP contribution in [0.25, 0.3) is 0 Å². The van der Waals surface area contributed by atoms with Gasteiger partial charge in [0.05, 0.1) is 4.92 Å². The van der Waals surface area contributed by atoms with Crippen LogP contribution in [0.5, 0.6) is 0 Å². The first-order valence-electron chi connectivity index (χ1n) is 6.45. The van der Waals surface area contributed by atoms with Crippen molar-refractivity contribution in [2.24, 2.45) is 0 Å². The average Bonchev–Trinajstić information content (AvgIpc) is 3.20. The average molecular weight is 248 g/mol. The molecule has 1 unspecified atom stereocenters. The van der Waals surface area contributed by atoms with Crippen molar-refractivity contribution in [2.45, 2.75) is 44.4 Å². The Kier molecular flexibility index (Phi) is 3.01. The Labute approximate surface area is 105 Å². The second-order valence-electron chi connectivity index (χ2n) is 4.96. The van der Waals surface area contributed by atoms with Gasteiger partial charge in [0.2, 0.25) is 0 Å². The van der Waals surface area contributed by atoms with Gasteiger partial charge in [0, 0.05) is 23.7 Å². The number of nitro benzene ring substituents is 1. The molecular weight excluding hydrogens is 232 g/mol. The van der Waals surface area contributed by atoms with E-state index in [2.05, 4.69) is 0 Å². The van der Waals surface area contributed by atoms with Crippen LogP contribution in [0.1, 0.15) is 43.9 Å². The van der Waals surface area contributed by atoms with Gasteiger partial charge in [0.1, 0.15) is 0 Å². The van der Waals surface area contributed by atoms with Gasteiger partial charge in [-0.25, -0.2) is 0 Å². The molecule has 1 aliphatic heterocycles. The van der Waals surface area contributed by atoms with Crippen LogP contribution in [0.4, 0.5) is 5.69 Å². The zero-order chi connectivity index (χ0) is 12.5. The zero-order valence-corrected chi connectivity index (χ0v) is 10.1. The number of hydrogen-bond donors (Lipinski definition) is 0. The molecule has 18 heavy (non-hydrogen) atoms. The molecule has 1 heterocycles. The molecule has 2 fully saturated rings. The highest BCUT2D eigenvalue weighted by molar-refractivity contribution is 5.34. The van der Waals surface area contributed by atoms with Crippen molar-refractivity contribution in [1.29, 1.82) is 0 Å². The van der Waals surface area contributed by atoms with Crippen LogP contribution in [0.3, 0.4) is 0 Å². The summed E-state index contributed by atoms with van der Waals surface area (Å²) >= 11 is 0. The number of hydroxylamine groups is 2. The molecule has 0 amide bonds. The molecule has 0 spiro atoms. The second kappa shape index (κ2) is 4.66. The highest BCUT2D eigenvalue weighted by Crippen LogP contribution is 2.43. The van der Waals surface area contributed by atoms with Crippen molar-refractivity contribution < 1.29 is 9.76 Å². The van der Waals surface area contributed by atoms with E-state index in [0.29, 0.717) is 6.04 Å². The Morgan fingerprint density at radius 2 is 1.83 bits per heavy atom. The third kappa shape index (κ3) is 2.23. The van der Waals surface area contributed by atoms with E-state index in [1.807, 2.05) is 5.06 Å². The van der Waals surface area contributed by atoms with Gasteiger partial charge < -0.3 is 0 Å². The lowest BCUT2D eigenvalue weighted by Gasteiger charge is -2.20. The van der Waals surface area contributed by atoms with E-state index < -0.39 is 0 Å². The van der Waals surface area contributed by atoms with Crippen LogP contribution in [-0.4, -0.2) is 16.0 Å². The molecular formula is C13H16N2O3. The van der Waals surface area contributed by atoms with Gasteiger partial charge in [-0.15, -0.1) is 5.06 Å². The van der Waals surface area contributed by atoms with Crippen molar-refractivity contribution in [3.8, 4) is 0 Å². The van der Waals surface area contributed by atoms with E-state index in [1.165, 1.54) is 44.2 Å².